The third kappa shape index (κ3) is 4.01. The molecule has 0 aliphatic rings. The molecule has 108 valence electrons. The molecule has 6 heteroatoms. The highest BCUT2D eigenvalue weighted by molar-refractivity contribution is 6.10. The Morgan fingerprint density at radius 3 is 2.70 bits per heavy atom. The minimum Gasteiger partial charge on any atom is -0.502 e. The maximum absolute atomic E-state index is 11.7. The monoisotopic (exact) mass is 279 g/mol. The normalized spacial score (nSPS) is 11.4. The summed E-state index contributed by atoms with van der Waals surface area (Å²) in [6.45, 7) is 2.03. The number of rotatable bonds is 6. The number of aromatic nitrogens is 1. The van der Waals surface area contributed by atoms with E-state index in [0.717, 1.165) is 0 Å². The Bertz CT molecular complexity index is 527. The van der Waals surface area contributed by atoms with Gasteiger partial charge in [-0.3, -0.25) is 0 Å². The van der Waals surface area contributed by atoms with E-state index in [1.165, 1.54) is 26.6 Å². The minimum atomic E-state index is -0.547. The Morgan fingerprint density at radius 2 is 2.10 bits per heavy atom. The highest BCUT2D eigenvalue weighted by Gasteiger charge is 2.14. The van der Waals surface area contributed by atoms with Gasteiger partial charge in [-0.25, -0.2) is 9.59 Å². The third-order valence-electron chi connectivity index (χ3n) is 2.34. The van der Waals surface area contributed by atoms with Crippen LogP contribution in [0.5, 0.6) is 0 Å². The van der Waals surface area contributed by atoms with Gasteiger partial charge < -0.3 is 18.8 Å². The van der Waals surface area contributed by atoms with Gasteiger partial charge in [0.2, 0.25) is 0 Å². The summed E-state index contributed by atoms with van der Waals surface area (Å²) in [4.78, 5) is 23.0. The van der Waals surface area contributed by atoms with E-state index < -0.39 is 11.9 Å². The van der Waals surface area contributed by atoms with Gasteiger partial charge in [0.05, 0.1) is 20.8 Å². The van der Waals surface area contributed by atoms with E-state index in [1.54, 1.807) is 35.9 Å². The first kappa shape index (κ1) is 15.6. The van der Waals surface area contributed by atoms with Crippen LogP contribution in [-0.2, 0) is 23.8 Å². The first-order chi connectivity index (χ1) is 9.63. The van der Waals surface area contributed by atoms with Crippen molar-refractivity contribution in [2.24, 2.45) is 0 Å². The molecule has 0 aliphatic carbocycles. The van der Waals surface area contributed by atoms with E-state index in [9.17, 15) is 9.59 Å². The highest BCUT2D eigenvalue weighted by Crippen LogP contribution is 2.14. The zero-order valence-corrected chi connectivity index (χ0v) is 11.7. The van der Waals surface area contributed by atoms with Crippen molar-refractivity contribution >= 4 is 23.7 Å². The van der Waals surface area contributed by atoms with Crippen LogP contribution in [0.3, 0.4) is 0 Å². The molecule has 1 aromatic rings. The van der Waals surface area contributed by atoms with Crippen LogP contribution in [0.2, 0.25) is 0 Å². The molecule has 0 spiro atoms. The van der Waals surface area contributed by atoms with Crippen molar-refractivity contribution in [1.29, 1.82) is 0 Å². The zero-order chi connectivity index (χ0) is 15.0. The summed E-state index contributed by atoms with van der Waals surface area (Å²) in [6.07, 6.45) is 5.77. The van der Waals surface area contributed by atoms with E-state index in [0.29, 0.717) is 12.3 Å². The predicted octanol–water partition coefficient (Wildman–Crippen LogP) is 1.68. The first-order valence-corrected chi connectivity index (χ1v) is 5.97. The molecule has 0 N–H and O–H groups in total. The van der Waals surface area contributed by atoms with E-state index in [2.05, 4.69) is 4.74 Å². The zero-order valence-electron chi connectivity index (χ0n) is 11.7. The molecule has 0 atom stereocenters. The summed E-state index contributed by atoms with van der Waals surface area (Å²) in [5.41, 5.74) is 0.815. The molecule has 0 radical (unpaired) electrons. The summed E-state index contributed by atoms with van der Waals surface area (Å²) in [5, 5.41) is 0. The molecule has 1 rings (SSSR count). The predicted molar refractivity (Wildman–Crippen MR) is 73.4 cm³/mol. The highest BCUT2D eigenvalue weighted by atomic mass is 16.5. The van der Waals surface area contributed by atoms with Crippen molar-refractivity contribution in [3.05, 3.63) is 36.4 Å². The number of carbonyl (C=O) groups excluding carboxylic acids is 2. The Morgan fingerprint density at radius 1 is 1.35 bits per heavy atom. The summed E-state index contributed by atoms with van der Waals surface area (Å²) in [5.74, 6) is -0.996. The maximum atomic E-state index is 11.7. The topological polar surface area (TPSA) is 66.8 Å². The Hall–Kier alpha value is -2.50. The van der Waals surface area contributed by atoms with Gasteiger partial charge in [-0.15, -0.1) is 0 Å². The number of hydrogen-bond donors (Lipinski definition) is 0. The van der Waals surface area contributed by atoms with Crippen molar-refractivity contribution in [3.63, 3.8) is 0 Å². The van der Waals surface area contributed by atoms with Crippen LogP contribution in [0.25, 0.3) is 11.8 Å². The minimum absolute atomic E-state index is 0.198. The SMILES string of the molecule is CCOC(=O)/C=C/c1cccn1/C(=C\OC)C(=O)OC. The lowest BCUT2D eigenvalue weighted by molar-refractivity contribution is -0.137. The van der Waals surface area contributed by atoms with Gasteiger partial charge in [0, 0.05) is 18.0 Å². The number of hydrogen-bond acceptors (Lipinski definition) is 5. The number of esters is 2. The van der Waals surface area contributed by atoms with Crippen molar-refractivity contribution in [3.8, 4) is 0 Å². The number of methoxy groups -OCH3 is 2. The summed E-state index contributed by atoms with van der Waals surface area (Å²) in [7, 11) is 2.71. The smallest absolute Gasteiger partial charge is 0.358 e. The largest absolute Gasteiger partial charge is 0.502 e. The molecular weight excluding hydrogens is 262 g/mol. The van der Waals surface area contributed by atoms with Crippen LogP contribution in [0.15, 0.2) is 30.7 Å². The van der Waals surface area contributed by atoms with Gasteiger partial charge in [0.1, 0.15) is 6.26 Å². The lowest BCUT2D eigenvalue weighted by atomic mass is 10.3. The molecule has 0 fully saturated rings. The van der Waals surface area contributed by atoms with Crippen LogP contribution in [-0.4, -0.2) is 37.3 Å². The molecule has 0 aliphatic heterocycles. The lowest BCUT2D eigenvalue weighted by Gasteiger charge is -2.09. The van der Waals surface area contributed by atoms with Gasteiger partial charge in [-0.1, -0.05) is 0 Å². The number of nitrogens with zero attached hydrogens (tertiary/aromatic N) is 1. The average Bonchev–Trinajstić information content (AvgIpc) is 2.90. The molecule has 0 aromatic carbocycles. The van der Waals surface area contributed by atoms with E-state index in [4.69, 9.17) is 9.47 Å². The fourth-order valence-electron chi connectivity index (χ4n) is 1.51. The van der Waals surface area contributed by atoms with Crippen LogP contribution < -0.4 is 0 Å². The standard InChI is InChI=1S/C14H17NO5/c1-4-20-13(16)8-7-11-6-5-9-15(11)12(10-18-2)14(17)19-3/h5-10H,4H2,1-3H3/b8-7+,12-10-. The molecular formula is C14H17NO5. The van der Waals surface area contributed by atoms with E-state index >= 15 is 0 Å². The molecule has 1 aromatic heterocycles. The van der Waals surface area contributed by atoms with Crippen molar-refractivity contribution in [2.75, 3.05) is 20.8 Å². The summed E-state index contributed by atoms with van der Waals surface area (Å²) in [6, 6.07) is 3.47. The maximum Gasteiger partial charge on any atom is 0.358 e. The fourth-order valence-corrected chi connectivity index (χ4v) is 1.51. The van der Waals surface area contributed by atoms with Crippen LogP contribution in [0.4, 0.5) is 0 Å². The molecule has 1 heterocycles. The van der Waals surface area contributed by atoms with E-state index in [1.807, 2.05) is 0 Å². The lowest BCUT2D eigenvalue weighted by Crippen LogP contribution is -2.11. The van der Waals surface area contributed by atoms with Crippen molar-refractivity contribution in [1.82, 2.24) is 4.57 Å². The van der Waals surface area contributed by atoms with Gasteiger partial charge in [-0.2, -0.15) is 0 Å². The molecule has 0 saturated heterocycles. The molecule has 6 nitrogen and oxygen atoms in total. The number of carbonyl (C=O) groups is 2. The van der Waals surface area contributed by atoms with Crippen molar-refractivity contribution in [2.45, 2.75) is 6.92 Å². The summed E-state index contributed by atoms with van der Waals surface area (Å²) >= 11 is 0. The van der Waals surface area contributed by atoms with Gasteiger partial charge in [0.25, 0.3) is 0 Å². The van der Waals surface area contributed by atoms with Gasteiger partial charge in [-0.05, 0) is 25.1 Å². The Balaban J connectivity index is 3.03. The first-order valence-electron chi connectivity index (χ1n) is 5.97. The van der Waals surface area contributed by atoms with Crippen LogP contribution >= 0.6 is 0 Å². The second kappa shape index (κ2) is 7.83. The molecule has 0 unspecified atom stereocenters. The van der Waals surface area contributed by atoms with Gasteiger partial charge in [0.15, 0.2) is 5.70 Å². The molecule has 0 amide bonds. The second-order valence-corrected chi connectivity index (χ2v) is 3.62. The number of ether oxygens (including phenoxy) is 3. The summed E-state index contributed by atoms with van der Waals surface area (Å²) < 4.78 is 15.9. The Labute approximate surface area is 117 Å². The average molecular weight is 279 g/mol. The molecule has 20 heavy (non-hydrogen) atoms. The third-order valence-corrected chi connectivity index (χ3v) is 2.34. The van der Waals surface area contributed by atoms with Gasteiger partial charge >= 0.3 is 11.9 Å². The Kier molecular flexibility index (Phi) is 6.09. The van der Waals surface area contributed by atoms with Crippen molar-refractivity contribution < 1.29 is 23.8 Å². The quantitative estimate of drug-likeness (QED) is 0.450. The molecule has 0 bridgehead atoms. The second-order valence-electron chi connectivity index (χ2n) is 3.62. The van der Waals surface area contributed by atoms with Crippen LogP contribution in [0, 0.1) is 0 Å². The fraction of sp³-hybridized carbons (Fsp3) is 0.286. The molecule has 0 saturated carbocycles. The van der Waals surface area contributed by atoms with Crippen LogP contribution in [0.1, 0.15) is 12.6 Å². The van der Waals surface area contributed by atoms with E-state index in [-0.39, 0.29) is 5.70 Å².